The number of nitrogens with zero attached hydrogens (tertiary/aromatic N) is 2. The number of likely N-dealkylation sites (tertiary alicyclic amines) is 2. The Bertz CT molecular complexity index is 1840. The first-order valence-electron chi connectivity index (χ1n) is 24.6. The predicted octanol–water partition coefficient (Wildman–Crippen LogP) is 7.89. The zero-order valence-electron chi connectivity index (χ0n) is 39.3. The van der Waals surface area contributed by atoms with Gasteiger partial charge in [-0.2, -0.15) is 0 Å². The smallest absolute Gasteiger partial charge is 0.240 e. The van der Waals surface area contributed by atoms with E-state index in [1.807, 2.05) is 39.5 Å². The van der Waals surface area contributed by atoms with Gasteiger partial charge >= 0.3 is 0 Å². The number of hydrogen-bond donors (Lipinski definition) is 2. The van der Waals surface area contributed by atoms with Crippen LogP contribution in [0.2, 0.25) is 0 Å². The third-order valence-electron chi connectivity index (χ3n) is 18.5. The number of hydrogen-bond acceptors (Lipinski definition) is 8. The minimum atomic E-state index is -3.91. The lowest BCUT2D eigenvalue weighted by molar-refractivity contribution is -0.147. The van der Waals surface area contributed by atoms with Crippen molar-refractivity contribution in [3.8, 4) is 0 Å². The highest BCUT2D eigenvalue weighted by Gasteiger charge is 2.85. The SMILES string of the molecule is CCCC1(S(=O)(=O)NC(=O)[C@@]2(CC(=O)[C@@H]3C[C@@]4(CN3C(=O)[C@@H](CC(=O)[C@@H](NC(=O)[C@@H]3CCCCN3C(C)C)C3CCCCC3)C(C)(C)C)C(C)(C)C43CCC3)C[C@H]2CC)CC1. The molecule has 12 heteroatoms. The van der Waals surface area contributed by atoms with Gasteiger partial charge in [0.1, 0.15) is 0 Å². The van der Waals surface area contributed by atoms with Gasteiger partial charge in [-0.3, -0.25) is 33.6 Å². The number of sulfonamides is 1. The van der Waals surface area contributed by atoms with Gasteiger partial charge in [0.05, 0.1) is 28.3 Å². The summed E-state index contributed by atoms with van der Waals surface area (Å²) in [5, 5.41) is 3.29. The van der Waals surface area contributed by atoms with E-state index in [0.717, 1.165) is 77.2 Å². The third-order valence-corrected chi connectivity index (χ3v) is 20.7. The average Bonchev–Trinajstić information content (AvgIpc) is 4.13. The molecule has 7 atom stereocenters. The molecule has 0 bridgehead atoms. The van der Waals surface area contributed by atoms with Gasteiger partial charge in [0.15, 0.2) is 11.6 Å². The zero-order chi connectivity index (χ0) is 44.6. The van der Waals surface area contributed by atoms with Crippen molar-refractivity contribution < 1.29 is 32.4 Å². The van der Waals surface area contributed by atoms with Crippen LogP contribution in [0.25, 0.3) is 0 Å². The molecule has 2 spiro atoms. The quantitative estimate of drug-likeness (QED) is 0.150. The molecule has 344 valence electrons. The van der Waals surface area contributed by atoms with Gasteiger partial charge in [0, 0.05) is 36.8 Å². The molecule has 7 fully saturated rings. The van der Waals surface area contributed by atoms with Gasteiger partial charge < -0.3 is 10.2 Å². The summed E-state index contributed by atoms with van der Waals surface area (Å²) in [5.41, 5.74) is -2.02. The van der Waals surface area contributed by atoms with Crippen LogP contribution in [0.15, 0.2) is 0 Å². The molecule has 2 saturated heterocycles. The molecule has 7 aliphatic rings. The molecular formula is C49H80N4O7S. The Labute approximate surface area is 367 Å². The van der Waals surface area contributed by atoms with Gasteiger partial charge in [-0.15, -0.1) is 0 Å². The van der Waals surface area contributed by atoms with Crippen molar-refractivity contribution in [1.82, 2.24) is 19.8 Å². The van der Waals surface area contributed by atoms with E-state index in [-0.39, 0.29) is 76.4 Å². The van der Waals surface area contributed by atoms with Crippen molar-refractivity contribution in [1.29, 1.82) is 0 Å². The van der Waals surface area contributed by atoms with E-state index in [2.05, 4.69) is 42.6 Å². The van der Waals surface area contributed by atoms with Crippen LogP contribution in [-0.2, 0) is 34.0 Å². The van der Waals surface area contributed by atoms with Crippen LogP contribution in [0.4, 0.5) is 0 Å². The Morgan fingerprint density at radius 3 is 2.00 bits per heavy atom. The molecule has 2 N–H and O–H groups in total. The van der Waals surface area contributed by atoms with Crippen LogP contribution < -0.4 is 10.0 Å². The highest BCUT2D eigenvalue weighted by Crippen LogP contribution is 2.88. The summed E-state index contributed by atoms with van der Waals surface area (Å²) in [6.45, 7) is 20.0. The lowest BCUT2D eigenvalue weighted by Gasteiger charge is -2.40. The maximum Gasteiger partial charge on any atom is 0.240 e. The molecule has 61 heavy (non-hydrogen) atoms. The molecule has 0 aromatic rings. The van der Waals surface area contributed by atoms with Crippen LogP contribution in [0, 0.1) is 44.8 Å². The number of fused-ring (bicyclic) bond motifs is 1. The van der Waals surface area contributed by atoms with E-state index in [1.165, 1.54) is 0 Å². The molecular weight excluding hydrogens is 789 g/mol. The van der Waals surface area contributed by atoms with Crippen molar-refractivity contribution in [2.75, 3.05) is 13.1 Å². The van der Waals surface area contributed by atoms with Gasteiger partial charge in [-0.25, -0.2) is 8.42 Å². The Kier molecular flexibility index (Phi) is 12.7. The Morgan fingerprint density at radius 2 is 1.48 bits per heavy atom. The van der Waals surface area contributed by atoms with Gasteiger partial charge in [0.2, 0.25) is 27.7 Å². The molecule has 2 heterocycles. The second-order valence-corrected chi connectivity index (χ2v) is 25.2. The fourth-order valence-corrected chi connectivity index (χ4v) is 15.7. The van der Waals surface area contributed by atoms with Crippen molar-refractivity contribution in [3.63, 3.8) is 0 Å². The largest absolute Gasteiger partial charge is 0.345 e. The summed E-state index contributed by atoms with van der Waals surface area (Å²) in [6, 6.07) is -1.50. The maximum atomic E-state index is 15.4. The fraction of sp³-hybridized carbons (Fsp3) is 0.898. The molecule has 0 radical (unpaired) electrons. The van der Waals surface area contributed by atoms with E-state index in [4.69, 9.17) is 0 Å². The van der Waals surface area contributed by atoms with E-state index in [0.29, 0.717) is 51.5 Å². The van der Waals surface area contributed by atoms with Gasteiger partial charge in [0.25, 0.3) is 0 Å². The number of carbonyl (C=O) groups excluding carboxylic acids is 5. The van der Waals surface area contributed by atoms with Crippen LogP contribution in [-0.4, -0.2) is 89.5 Å². The first-order valence-corrected chi connectivity index (χ1v) is 26.0. The number of carbonyl (C=O) groups is 5. The number of piperidine rings is 1. The minimum Gasteiger partial charge on any atom is -0.345 e. The van der Waals surface area contributed by atoms with Crippen molar-refractivity contribution in [2.45, 2.75) is 220 Å². The Hall–Kier alpha value is -2.34. The molecule has 5 aliphatic carbocycles. The third kappa shape index (κ3) is 7.87. The van der Waals surface area contributed by atoms with Crippen molar-refractivity contribution in [2.24, 2.45) is 44.8 Å². The van der Waals surface area contributed by atoms with E-state index < -0.39 is 49.5 Å². The van der Waals surface area contributed by atoms with Crippen molar-refractivity contribution >= 4 is 39.3 Å². The first-order chi connectivity index (χ1) is 28.6. The molecule has 0 aromatic carbocycles. The number of Topliss-reactive ketones (excluding diaryl/α,β-unsaturated/α-hetero) is 2. The number of amides is 3. The summed E-state index contributed by atoms with van der Waals surface area (Å²) in [7, 11) is -3.91. The first kappa shape index (κ1) is 46.6. The zero-order valence-corrected chi connectivity index (χ0v) is 40.1. The standard InChI is InChI=1S/C49H80N4O7S/c1-10-21-46(24-25-46)61(59,60)51-43(58)47(28-34(47)11-2)30-39(55)37-29-49(45(8,9)48(49)22-17-23-48)31-53(37)42(57)35(44(5,6)7)27-38(54)40(33-18-13-12-14-19-33)50-41(56)36-20-15-16-26-52(36)32(3)4/h32-37,40H,10-31H2,1-9H3,(H,50,56)(H,51,58)/t34-,35-,36+,37+,40+,47-,49-/m1/s1. The Balaban J connectivity index is 1.15. The molecule has 2 aliphatic heterocycles. The summed E-state index contributed by atoms with van der Waals surface area (Å²) >= 11 is 0. The molecule has 11 nitrogen and oxygen atoms in total. The Morgan fingerprint density at radius 1 is 0.820 bits per heavy atom. The van der Waals surface area contributed by atoms with Gasteiger partial charge in [-0.05, 0) is 119 Å². The summed E-state index contributed by atoms with van der Waals surface area (Å²) in [5.74, 6) is -1.95. The van der Waals surface area contributed by atoms with E-state index >= 15 is 9.59 Å². The van der Waals surface area contributed by atoms with E-state index in [1.54, 1.807) is 0 Å². The highest BCUT2D eigenvalue weighted by atomic mass is 32.2. The molecule has 7 rings (SSSR count). The average molecular weight is 869 g/mol. The molecule has 0 aromatic heterocycles. The van der Waals surface area contributed by atoms with Crippen LogP contribution >= 0.6 is 0 Å². The van der Waals surface area contributed by atoms with Crippen LogP contribution in [0.1, 0.15) is 191 Å². The lowest BCUT2D eigenvalue weighted by Crippen LogP contribution is -2.57. The van der Waals surface area contributed by atoms with Gasteiger partial charge in [-0.1, -0.05) is 93.4 Å². The molecule has 5 saturated carbocycles. The van der Waals surface area contributed by atoms with Crippen molar-refractivity contribution in [3.05, 3.63) is 0 Å². The van der Waals surface area contributed by atoms with Crippen LogP contribution in [0.5, 0.6) is 0 Å². The summed E-state index contributed by atoms with van der Waals surface area (Å²) in [4.78, 5) is 77.7. The number of ketones is 2. The maximum absolute atomic E-state index is 15.4. The summed E-state index contributed by atoms with van der Waals surface area (Å²) < 4.78 is 28.8. The second-order valence-electron chi connectivity index (χ2n) is 23.1. The number of rotatable bonds is 17. The summed E-state index contributed by atoms with van der Waals surface area (Å²) in [6.07, 6.45) is 14.7. The molecule has 3 amide bonds. The second kappa shape index (κ2) is 16.6. The fourth-order valence-electron chi connectivity index (χ4n) is 13.9. The molecule has 0 unspecified atom stereocenters. The van der Waals surface area contributed by atoms with Crippen LogP contribution in [0.3, 0.4) is 0 Å². The lowest BCUT2D eigenvalue weighted by atomic mass is 9.73. The van der Waals surface area contributed by atoms with E-state index in [9.17, 15) is 22.8 Å². The topological polar surface area (TPSA) is 150 Å². The number of nitrogens with one attached hydrogen (secondary N) is 2. The normalized spacial score (nSPS) is 32.6. The highest BCUT2D eigenvalue weighted by molar-refractivity contribution is 7.91. The minimum absolute atomic E-state index is 0.0140. The predicted molar refractivity (Wildman–Crippen MR) is 238 cm³/mol. The monoisotopic (exact) mass is 869 g/mol.